The number of thiol groups is 1. The van der Waals surface area contributed by atoms with E-state index in [2.05, 4.69) is 54.2 Å². The van der Waals surface area contributed by atoms with Gasteiger partial charge in [0, 0.05) is 74.7 Å². The molecule has 1 aromatic heterocycles. The van der Waals surface area contributed by atoms with Crippen molar-refractivity contribution in [3.8, 4) is 6.01 Å². The minimum atomic E-state index is -2.41. The maximum absolute atomic E-state index is 13.3. The van der Waals surface area contributed by atoms with Crippen LogP contribution in [-0.4, -0.2) is 96.9 Å². The molecule has 0 radical (unpaired) electrons. The third kappa shape index (κ3) is 6.82. The number of aryl methyl sites for hydroxylation is 1. The van der Waals surface area contributed by atoms with Crippen LogP contribution >= 0.6 is 12.6 Å². The molecule has 2 fully saturated rings. The van der Waals surface area contributed by atoms with Crippen molar-refractivity contribution in [2.75, 3.05) is 80.5 Å². The number of ether oxygens (including phenoxy) is 1. The first kappa shape index (κ1) is 31.2. The number of halogens is 3. The standard InChI is InChI=1S/C25H31FN6O2S.C5H9F2N/c1-15-12-20-18(4-6-27-20)22(16(15)2)32-7-5-19-21(13-32)28-25(34-14-35)29-23(19)30-8-10-31(11-9-30)24(33)17(3)26;1-8-3-2-5(6,7)4-8/h12,27,35H,3-11,13-14H2,1-2H3;2-4H2,1H3. The van der Waals surface area contributed by atoms with Gasteiger partial charge in [-0.05, 0) is 50.9 Å². The lowest BCUT2D eigenvalue weighted by Gasteiger charge is -2.38. The Morgan fingerprint density at radius 2 is 1.84 bits per heavy atom. The van der Waals surface area contributed by atoms with Crippen molar-refractivity contribution in [2.45, 2.75) is 45.6 Å². The Labute approximate surface area is 256 Å². The molecule has 13 heteroatoms. The number of likely N-dealkylation sites (tertiary alicyclic amines) is 1. The average Bonchev–Trinajstić information content (AvgIpc) is 3.57. The third-order valence-corrected chi connectivity index (χ3v) is 8.73. The first-order valence-electron chi connectivity index (χ1n) is 14.7. The van der Waals surface area contributed by atoms with E-state index in [-0.39, 0.29) is 18.9 Å². The molecular formula is C30H40F3N7O2S. The van der Waals surface area contributed by atoms with E-state index >= 15 is 0 Å². The van der Waals surface area contributed by atoms with Gasteiger partial charge in [-0.3, -0.25) is 4.79 Å². The van der Waals surface area contributed by atoms with Gasteiger partial charge in [-0.1, -0.05) is 6.58 Å². The zero-order valence-corrected chi connectivity index (χ0v) is 26.0. The minimum Gasteiger partial charge on any atom is -0.453 e. The second-order valence-corrected chi connectivity index (χ2v) is 11.9. The van der Waals surface area contributed by atoms with Gasteiger partial charge in [0.25, 0.3) is 11.8 Å². The van der Waals surface area contributed by atoms with Gasteiger partial charge in [-0.25, -0.2) is 13.2 Å². The maximum atomic E-state index is 13.3. The van der Waals surface area contributed by atoms with Gasteiger partial charge in [0.1, 0.15) is 11.8 Å². The summed E-state index contributed by atoms with van der Waals surface area (Å²) in [6, 6.07) is 2.56. The van der Waals surface area contributed by atoms with E-state index in [0.29, 0.717) is 45.3 Å². The topological polar surface area (TPSA) is 77.1 Å². The van der Waals surface area contributed by atoms with Crippen LogP contribution in [0.25, 0.3) is 0 Å². The fraction of sp³-hybridized carbons (Fsp3) is 0.567. The first-order chi connectivity index (χ1) is 20.5. The molecule has 4 aliphatic rings. The monoisotopic (exact) mass is 619 g/mol. The molecule has 0 bridgehead atoms. The second kappa shape index (κ2) is 12.8. The predicted molar refractivity (Wildman–Crippen MR) is 165 cm³/mol. The number of benzene rings is 1. The molecule has 1 N–H and O–H groups in total. The van der Waals surface area contributed by atoms with Crippen LogP contribution in [0, 0.1) is 13.8 Å². The zero-order valence-electron chi connectivity index (χ0n) is 25.1. The Kier molecular flexibility index (Phi) is 9.31. The molecule has 43 heavy (non-hydrogen) atoms. The van der Waals surface area contributed by atoms with Gasteiger partial charge < -0.3 is 29.7 Å². The third-order valence-electron chi connectivity index (χ3n) is 8.60. The molecule has 0 atom stereocenters. The van der Waals surface area contributed by atoms with E-state index in [4.69, 9.17) is 14.7 Å². The smallest absolute Gasteiger partial charge is 0.319 e. The second-order valence-electron chi connectivity index (χ2n) is 11.6. The Morgan fingerprint density at radius 3 is 2.44 bits per heavy atom. The summed E-state index contributed by atoms with van der Waals surface area (Å²) in [7, 11) is 1.71. The molecule has 0 saturated carbocycles. The number of fused-ring (bicyclic) bond motifs is 2. The first-order valence-corrected chi connectivity index (χ1v) is 15.3. The van der Waals surface area contributed by atoms with E-state index < -0.39 is 17.7 Å². The molecule has 2 saturated heterocycles. The maximum Gasteiger partial charge on any atom is 0.319 e. The number of rotatable bonds is 5. The highest BCUT2D eigenvalue weighted by Crippen LogP contribution is 2.40. The van der Waals surface area contributed by atoms with Crippen molar-refractivity contribution in [3.05, 3.63) is 46.4 Å². The fourth-order valence-corrected chi connectivity index (χ4v) is 6.39. The Hall–Kier alpha value is -3.19. The molecule has 0 unspecified atom stereocenters. The zero-order chi connectivity index (χ0) is 30.9. The largest absolute Gasteiger partial charge is 0.453 e. The lowest BCUT2D eigenvalue weighted by molar-refractivity contribution is -0.128. The van der Waals surface area contributed by atoms with Crippen LogP contribution in [0.4, 0.5) is 30.4 Å². The predicted octanol–water partition coefficient (Wildman–Crippen LogP) is 3.98. The number of piperazine rings is 1. The number of hydrogen-bond donors (Lipinski definition) is 2. The minimum absolute atomic E-state index is 0.0312. The normalized spacial score (nSPS) is 19.3. The van der Waals surface area contributed by atoms with Crippen LogP contribution in [0.2, 0.25) is 0 Å². The van der Waals surface area contributed by atoms with Gasteiger partial charge in [0.2, 0.25) is 0 Å². The molecule has 1 aromatic carbocycles. The summed E-state index contributed by atoms with van der Waals surface area (Å²) in [5.41, 5.74) is 8.59. The van der Waals surface area contributed by atoms with E-state index in [1.165, 1.54) is 33.0 Å². The van der Waals surface area contributed by atoms with Crippen LogP contribution in [0.5, 0.6) is 6.01 Å². The molecule has 234 valence electrons. The number of alkyl halides is 2. The van der Waals surface area contributed by atoms with Crippen LogP contribution in [-0.2, 0) is 24.2 Å². The molecule has 2 aromatic rings. The van der Waals surface area contributed by atoms with Crippen LogP contribution in [0.1, 0.15) is 34.4 Å². The molecule has 4 aliphatic heterocycles. The van der Waals surface area contributed by atoms with Crippen molar-refractivity contribution in [1.82, 2.24) is 19.8 Å². The van der Waals surface area contributed by atoms with Crippen molar-refractivity contribution in [2.24, 2.45) is 0 Å². The van der Waals surface area contributed by atoms with Crippen LogP contribution in [0.15, 0.2) is 18.5 Å². The Balaban J connectivity index is 0.000000400. The SMILES string of the molecule is C=C(F)C(=O)N1CCN(c2nc(OCS)nc3c2CCN(c2c(C)c(C)cc4c2CCN4)C3)CC1.CN1CCC(F)(F)C1. The number of carbonyl (C=O) groups is 1. The number of aromatic nitrogens is 2. The summed E-state index contributed by atoms with van der Waals surface area (Å²) in [5, 5.41) is 3.52. The number of nitrogens with zero attached hydrogens (tertiary/aromatic N) is 6. The molecule has 0 spiro atoms. The summed E-state index contributed by atoms with van der Waals surface area (Å²) in [4.78, 5) is 29.2. The summed E-state index contributed by atoms with van der Waals surface area (Å²) in [5.74, 6) is -2.95. The highest BCUT2D eigenvalue weighted by atomic mass is 32.1. The molecule has 1 amide bonds. The lowest BCUT2D eigenvalue weighted by atomic mass is 9.96. The molecule has 5 heterocycles. The average molecular weight is 620 g/mol. The summed E-state index contributed by atoms with van der Waals surface area (Å²) in [6.45, 7) is 12.4. The number of nitrogens with one attached hydrogen (secondary N) is 1. The van der Waals surface area contributed by atoms with E-state index in [1.54, 1.807) is 11.9 Å². The van der Waals surface area contributed by atoms with Gasteiger partial charge in [-0.15, -0.1) is 12.6 Å². The van der Waals surface area contributed by atoms with Crippen molar-refractivity contribution in [1.29, 1.82) is 0 Å². The van der Waals surface area contributed by atoms with E-state index in [1.807, 2.05) is 0 Å². The number of amides is 1. The van der Waals surface area contributed by atoms with Gasteiger partial charge in [-0.2, -0.15) is 9.97 Å². The Bertz CT molecular complexity index is 1380. The fourth-order valence-electron chi connectivity index (χ4n) is 6.28. The van der Waals surface area contributed by atoms with Gasteiger partial charge >= 0.3 is 6.01 Å². The molecular weight excluding hydrogens is 579 g/mol. The quantitative estimate of drug-likeness (QED) is 0.296. The van der Waals surface area contributed by atoms with Gasteiger partial charge in [0.15, 0.2) is 5.83 Å². The molecule has 6 rings (SSSR count). The van der Waals surface area contributed by atoms with Gasteiger partial charge in [0.05, 0.1) is 18.8 Å². The summed E-state index contributed by atoms with van der Waals surface area (Å²) < 4.78 is 43.2. The van der Waals surface area contributed by atoms with Crippen molar-refractivity contribution in [3.63, 3.8) is 0 Å². The Morgan fingerprint density at radius 1 is 1.09 bits per heavy atom. The lowest BCUT2D eigenvalue weighted by Crippen LogP contribution is -2.49. The summed E-state index contributed by atoms with van der Waals surface area (Å²) >= 11 is 4.20. The summed E-state index contributed by atoms with van der Waals surface area (Å²) in [6.07, 6.45) is 1.86. The van der Waals surface area contributed by atoms with E-state index in [0.717, 1.165) is 43.0 Å². The number of hydrogen-bond acceptors (Lipinski definition) is 9. The van der Waals surface area contributed by atoms with Crippen molar-refractivity contribution < 1.29 is 22.7 Å². The highest BCUT2D eigenvalue weighted by Gasteiger charge is 2.36. The highest BCUT2D eigenvalue weighted by molar-refractivity contribution is 7.80. The molecule has 0 aliphatic carbocycles. The van der Waals surface area contributed by atoms with E-state index in [9.17, 15) is 18.0 Å². The van der Waals surface area contributed by atoms with Crippen LogP contribution in [0.3, 0.4) is 0 Å². The molecule has 9 nitrogen and oxygen atoms in total. The number of anilines is 3. The number of carbonyl (C=O) groups excluding carboxylic acids is 1. The van der Waals surface area contributed by atoms with Crippen LogP contribution < -0.4 is 19.9 Å². The van der Waals surface area contributed by atoms with Crippen molar-refractivity contribution >= 4 is 35.7 Å².